The van der Waals surface area contributed by atoms with Crippen LogP contribution in [0.1, 0.15) is 65.2 Å². The van der Waals surface area contributed by atoms with Crippen LogP contribution in [-0.4, -0.2) is 26.4 Å². The Balaban J connectivity index is 2.85. The summed E-state index contributed by atoms with van der Waals surface area (Å²) in [6.45, 7) is 7.86. The number of rotatable bonds is 14. The lowest BCUT2D eigenvalue weighted by molar-refractivity contribution is 0.130. The monoisotopic (exact) mass is 243 g/mol. The number of ether oxygens (including phenoxy) is 2. The van der Waals surface area contributed by atoms with Crippen molar-refractivity contribution in [1.82, 2.24) is 0 Å². The summed E-state index contributed by atoms with van der Waals surface area (Å²) in [6, 6.07) is 0. The fourth-order valence-electron chi connectivity index (χ4n) is 1.70. The van der Waals surface area contributed by atoms with Gasteiger partial charge in [0.2, 0.25) is 0 Å². The molecule has 0 aliphatic rings. The normalized spacial score (nSPS) is 10.9. The Morgan fingerprint density at radius 2 is 1.35 bits per heavy atom. The Labute approximate surface area is 108 Å². The molecule has 0 spiro atoms. The summed E-state index contributed by atoms with van der Waals surface area (Å²) in [5.41, 5.74) is 0. The van der Waals surface area contributed by atoms with Crippen molar-refractivity contribution in [3.63, 3.8) is 0 Å². The first-order chi connectivity index (χ1) is 8.41. The van der Waals surface area contributed by atoms with E-state index in [2.05, 4.69) is 20.3 Å². The van der Waals surface area contributed by atoms with Gasteiger partial charge in [-0.3, -0.25) is 0 Å². The van der Waals surface area contributed by atoms with Gasteiger partial charge in [0.15, 0.2) is 0 Å². The summed E-state index contributed by atoms with van der Waals surface area (Å²) in [5, 5.41) is 0. The number of unbranched alkanes of at least 4 members (excludes halogenated alkanes) is 7. The minimum atomic E-state index is 0.851. The van der Waals surface area contributed by atoms with Crippen molar-refractivity contribution in [2.75, 3.05) is 26.4 Å². The Morgan fingerprint density at radius 3 is 2.06 bits per heavy atom. The second-order valence-electron chi connectivity index (χ2n) is 4.44. The predicted octanol–water partition coefficient (Wildman–Crippen LogP) is 4.38. The highest BCUT2D eigenvalue weighted by Crippen LogP contribution is 2.07. The van der Waals surface area contributed by atoms with Crippen LogP contribution in [0.3, 0.4) is 0 Å². The van der Waals surface area contributed by atoms with Crippen molar-refractivity contribution < 1.29 is 9.47 Å². The number of hydrogen-bond donors (Lipinski definition) is 0. The molecule has 0 saturated heterocycles. The zero-order valence-electron chi connectivity index (χ0n) is 11.9. The highest BCUT2D eigenvalue weighted by Gasteiger charge is 1.93. The van der Waals surface area contributed by atoms with E-state index in [1.165, 1.54) is 44.9 Å². The first kappa shape index (κ1) is 16.9. The van der Waals surface area contributed by atoms with E-state index in [-0.39, 0.29) is 0 Å². The van der Waals surface area contributed by atoms with Gasteiger partial charge in [0.05, 0.1) is 0 Å². The van der Waals surface area contributed by atoms with E-state index in [9.17, 15) is 0 Å². The smallest absolute Gasteiger partial charge is 0.0466 e. The van der Waals surface area contributed by atoms with E-state index >= 15 is 0 Å². The molecule has 0 aliphatic carbocycles. The summed E-state index contributed by atoms with van der Waals surface area (Å²) >= 11 is 0. The molecule has 0 aliphatic heterocycles. The molecule has 103 valence electrons. The summed E-state index contributed by atoms with van der Waals surface area (Å²) in [6.07, 6.45) is 12.4. The van der Waals surface area contributed by atoms with Crippen molar-refractivity contribution >= 4 is 0 Å². The fourth-order valence-corrected chi connectivity index (χ4v) is 1.70. The van der Waals surface area contributed by atoms with Crippen LogP contribution in [0.4, 0.5) is 0 Å². The number of hydrogen-bond acceptors (Lipinski definition) is 2. The maximum absolute atomic E-state index is 5.44. The SMILES string of the molecule is CCCOCCCCC[CH]CCCCOCC. The average molecular weight is 243 g/mol. The van der Waals surface area contributed by atoms with Crippen LogP contribution in [0.15, 0.2) is 0 Å². The highest BCUT2D eigenvalue weighted by molar-refractivity contribution is 4.64. The average Bonchev–Trinajstić information content (AvgIpc) is 2.35. The topological polar surface area (TPSA) is 18.5 Å². The van der Waals surface area contributed by atoms with Crippen molar-refractivity contribution in [2.45, 2.75) is 65.2 Å². The molecule has 0 aromatic rings. The first-order valence-electron chi connectivity index (χ1n) is 7.39. The van der Waals surface area contributed by atoms with Gasteiger partial charge in [-0.1, -0.05) is 39.0 Å². The third kappa shape index (κ3) is 15.9. The molecule has 0 unspecified atom stereocenters. The Kier molecular flexibility index (Phi) is 15.8. The molecule has 0 atom stereocenters. The molecule has 2 heteroatoms. The highest BCUT2D eigenvalue weighted by atomic mass is 16.5. The quantitative estimate of drug-likeness (QED) is 0.421. The predicted molar refractivity (Wildman–Crippen MR) is 74.2 cm³/mol. The molecule has 17 heavy (non-hydrogen) atoms. The van der Waals surface area contributed by atoms with Gasteiger partial charge in [-0.05, 0) is 32.6 Å². The molecular formula is C15H31O2. The molecule has 0 N–H and O–H groups in total. The molecule has 0 rings (SSSR count). The molecule has 1 radical (unpaired) electrons. The van der Waals surface area contributed by atoms with Gasteiger partial charge in [0.1, 0.15) is 0 Å². The maximum atomic E-state index is 5.44. The van der Waals surface area contributed by atoms with Crippen LogP contribution < -0.4 is 0 Å². The van der Waals surface area contributed by atoms with Gasteiger partial charge in [-0.15, -0.1) is 0 Å². The second kappa shape index (κ2) is 15.9. The minimum absolute atomic E-state index is 0.851. The van der Waals surface area contributed by atoms with Crippen LogP contribution >= 0.6 is 0 Å². The molecule has 0 amide bonds. The molecule has 0 aromatic carbocycles. The van der Waals surface area contributed by atoms with Crippen LogP contribution in [-0.2, 0) is 9.47 Å². The van der Waals surface area contributed by atoms with E-state index in [0.29, 0.717) is 0 Å². The minimum Gasteiger partial charge on any atom is -0.382 e. The Morgan fingerprint density at radius 1 is 0.706 bits per heavy atom. The van der Waals surface area contributed by atoms with E-state index in [1.54, 1.807) is 0 Å². The van der Waals surface area contributed by atoms with Crippen LogP contribution in [0.2, 0.25) is 0 Å². The Bertz CT molecular complexity index is 112. The van der Waals surface area contributed by atoms with Gasteiger partial charge in [-0.2, -0.15) is 0 Å². The van der Waals surface area contributed by atoms with Gasteiger partial charge in [0, 0.05) is 26.4 Å². The van der Waals surface area contributed by atoms with Crippen molar-refractivity contribution in [3.8, 4) is 0 Å². The molecule has 0 bridgehead atoms. The van der Waals surface area contributed by atoms with E-state index in [0.717, 1.165) is 32.8 Å². The molecule has 0 fully saturated rings. The summed E-state index contributed by atoms with van der Waals surface area (Å²) in [4.78, 5) is 0. The van der Waals surface area contributed by atoms with Crippen molar-refractivity contribution in [1.29, 1.82) is 0 Å². The van der Waals surface area contributed by atoms with E-state index < -0.39 is 0 Å². The summed E-state index contributed by atoms with van der Waals surface area (Å²) in [5.74, 6) is 0. The van der Waals surface area contributed by atoms with Crippen LogP contribution in [0.25, 0.3) is 0 Å². The molecule has 0 saturated carbocycles. The van der Waals surface area contributed by atoms with E-state index in [1.807, 2.05) is 0 Å². The van der Waals surface area contributed by atoms with Crippen molar-refractivity contribution in [2.24, 2.45) is 0 Å². The van der Waals surface area contributed by atoms with E-state index in [4.69, 9.17) is 9.47 Å². The molecule has 0 aromatic heterocycles. The fraction of sp³-hybridized carbons (Fsp3) is 0.933. The summed E-state index contributed by atoms with van der Waals surface area (Å²) in [7, 11) is 0. The first-order valence-corrected chi connectivity index (χ1v) is 7.39. The zero-order chi connectivity index (χ0) is 12.6. The van der Waals surface area contributed by atoms with Gasteiger partial charge < -0.3 is 9.47 Å². The molecule has 2 nitrogen and oxygen atoms in total. The zero-order valence-corrected chi connectivity index (χ0v) is 11.9. The largest absolute Gasteiger partial charge is 0.382 e. The second-order valence-corrected chi connectivity index (χ2v) is 4.44. The van der Waals surface area contributed by atoms with Crippen molar-refractivity contribution in [3.05, 3.63) is 6.42 Å². The molecular weight excluding hydrogens is 212 g/mol. The van der Waals surface area contributed by atoms with Gasteiger partial charge in [-0.25, -0.2) is 0 Å². The lowest BCUT2D eigenvalue weighted by Gasteiger charge is -2.03. The lowest BCUT2D eigenvalue weighted by Crippen LogP contribution is -1.95. The third-order valence-corrected chi connectivity index (χ3v) is 2.70. The Hall–Kier alpha value is -0.0800. The van der Waals surface area contributed by atoms with Gasteiger partial charge >= 0.3 is 0 Å². The summed E-state index contributed by atoms with van der Waals surface area (Å²) < 4.78 is 10.7. The lowest BCUT2D eigenvalue weighted by atomic mass is 10.1. The van der Waals surface area contributed by atoms with Crippen LogP contribution in [0.5, 0.6) is 0 Å². The van der Waals surface area contributed by atoms with Crippen LogP contribution in [0, 0.1) is 6.42 Å². The molecule has 0 heterocycles. The van der Waals surface area contributed by atoms with Gasteiger partial charge in [0.25, 0.3) is 0 Å². The maximum Gasteiger partial charge on any atom is 0.0466 e. The standard InChI is InChI=1S/C15H31O2/c1-3-13-17-15-12-10-8-6-5-7-9-11-14-16-4-2/h5H,3-4,6-15H2,1-2H3. The third-order valence-electron chi connectivity index (χ3n) is 2.70.